The fourth-order valence-electron chi connectivity index (χ4n) is 6.99. The van der Waals surface area contributed by atoms with Crippen molar-refractivity contribution in [3.05, 3.63) is 58.9 Å². The molecule has 0 saturated heterocycles. The Labute approximate surface area is 203 Å². The predicted molar refractivity (Wildman–Crippen MR) is 124 cm³/mol. The van der Waals surface area contributed by atoms with E-state index in [4.69, 9.17) is 4.74 Å². The third-order valence-electron chi connectivity index (χ3n) is 8.61. The summed E-state index contributed by atoms with van der Waals surface area (Å²) in [6.45, 7) is 1.41. The lowest BCUT2D eigenvalue weighted by Gasteiger charge is -2.37. The second-order valence-corrected chi connectivity index (χ2v) is 10.6. The van der Waals surface area contributed by atoms with Crippen LogP contribution in [0.2, 0.25) is 0 Å². The molecule has 1 aromatic heterocycles. The smallest absolute Gasteiger partial charge is 0.417 e. The predicted octanol–water partition coefficient (Wildman–Crippen LogP) is 5.05. The Hall–Kier alpha value is -2.61. The van der Waals surface area contributed by atoms with Crippen molar-refractivity contribution in [1.29, 1.82) is 0 Å². The van der Waals surface area contributed by atoms with Gasteiger partial charge < -0.3 is 15.0 Å². The molecule has 8 heteroatoms. The van der Waals surface area contributed by atoms with E-state index in [2.05, 4.69) is 16.4 Å². The first-order valence-corrected chi connectivity index (χ1v) is 12.7. The number of rotatable bonds is 3. The first-order valence-electron chi connectivity index (χ1n) is 12.7. The van der Waals surface area contributed by atoms with E-state index in [1.165, 1.54) is 11.6 Å². The number of nitrogens with zero attached hydrogens (tertiary/aromatic N) is 2. The van der Waals surface area contributed by atoms with Gasteiger partial charge in [-0.3, -0.25) is 9.78 Å². The summed E-state index contributed by atoms with van der Waals surface area (Å²) in [4.78, 5) is 19.8. The number of ether oxygens (including phenoxy) is 1. The van der Waals surface area contributed by atoms with Gasteiger partial charge in [0.15, 0.2) is 0 Å². The maximum absolute atomic E-state index is 14.0. The largest absolute Gasteiger partial charge is 0.493 e. The molecule has 35 heavy (non-hydrogen) atoms. The second kappa shape index (κ2) is 8.50. The van der Waals surface area contributed by atoms with E-state index in [0.29, 0.717) is 36.7 Å². The van der Waals surface area contributed by atoms with Gasteiger partial charge in [-0.05, 0) is 49.3 Å². The molecule has 2 aliphatic carbocycles. The van der Waals surface area contributed by atoms with E-state index in [1.807, 2.05) is 18.2 Å². The zero-order valence-corrected chi connectivity index (χ0v) is 19.6. The first kappa shape index (κ1) is 22.8. The van der Waals surface area contributed by atoms with Crippen LogP contribution in [0, 0.1) is 11.3 Å². The molecule has 0 spiro atoms. The van der Waals surface area contributed by atoms with Gasteiger partial charge in [0.1, 0.15) is 5.75 Å². The summed E-state index contributed by atoms with van der Waals surface area (Å²) >= 11 is 0. The molecular weight excluding hydrogens is 455 g/mol. The van der Waals surface area contributed by atoms with Crippen molar-refractivity contribution in [3.8, 4) is 5.75 Å². The lowest BCUT2D eigenvalue weighted by atomic mass is 9.78. The minimum absolute atomic E-state index is 0.125. The molecule has 0 bridgehead atoms. The quantitative estimate of drug-likeness (QED) is 0.661. The number of para-hydroxylation sites is 1. The Balaban J connectivity index is 1.19. The van der Waals surface area contributed by atoms with Crippen LogP contribution in [0.3, 0.4) is 0 Å². The van der Waals surface area contributed by atoms with Gasteiger partial charge in [-0.2, -0.15) is 13.2 Å². The minimum Gasteiger partial charge on any atom is -0.493 e. The summed E-state index contributed by atoms with van der Waals surface area (Å²) < 4.78 is 45.5. The van der Waals surface area contributed by atoms with Crippen molar-refractivity contribution in [3.63, 3.8) is 0 Å². The highest BCUT2D eigenvalue weighted by Gasteiger charge is 2.56. The standard InChI is InChI=1S/C27H30F3N3O2/c28-27(29,30)19-12-17-16-33(10-7-22(17)31-15-19)25(34)26-9-3-4-18(26)13-20(14-26)32-23-8-11-35-24-6-2-1-5-21(23)24/h1-2,5-6,12,15,18,20,23,32H,3-4,7-11,13-14,16H2/t18-,20-,23-,26-/m1/s1. The average Bonchev–Trinajstić information content (AvgIpc) is 3.40. The van der Waals surface area contributed by atoms with Gasteiger partial charge in [0.2, 0.25) is 5.91 Å². The van der Waals surface area contributed by atoms with Crippen LogP contribution in [0.1, 0.15) is 67.0 Å². The number of hydrogen-bond donors (Lipinski definition) is 1. The van der Waals surface area contributed by atoms with E-state index in [9.17, 15) is 18.0 Å². The monoisotopic (exact) mass is 485 g/mol. The van der Waals surface area contributed by atoms with Crippen LogP contribution in [0.4, 0.5) is 13.2 Å². The molecule has 0 radical (unpaired) electrons. The highest BCUT2D eigenvalue weighted by molar-refractivity contribution is 5.84. The summed E-state index contributed by atoms with van der Waals surface area (Å²) in [5, 5.41) is 3.84. The number of pyridine rings is 1. The van der Waals surface area contributed by atoms with Gasteiger partial charge in [-0.15, -0.1) is 0 Å². The van der Waals surface area contributed by atoms with Crippen LogP contribution in [-0.4, -0.2) is 35.0 Å². The van der Waals surface area contributed by atoms with E-state index >= 15 is 0 Å². The SMILES string of the molecule is O=C(N1CCc2ncc(C(F)(F)F)cc2C1)[C@@]12CCC[C@@H]1C[C@@H](N[C@@H]1CCOc3ccccc31)C2. The van der Waals surface area contributed by atoms with Crippen molar-refractivity contribution in [2.45, 2.75) is 69.8 Å². The third kappa shape index (κ3) is 3.99. The molecule has 4 aliphatic rings. The maximum Gasteiger partial charge on any atom is 0.417 e. The van der Waals surface area contributed by atoms with Crippen molar-refractivity contribution in [1.82, 2.24) is 15.2 Å². The zero-order valence-electron chi connectivity index (χ0n) is 19.6. The summed E-state index contributed by atoms with van der Waals surface area (Å²) in [7, 11) is 0. The molecule has 3 heterocycles. The van der Waals surface area contributed by atoms with E-state index in [-0.39, 0.29) is 24.5 Å². The van der Waals surface area contributed by atoms with Crippen LogP contribution in [0.5, 0.6) is 5.75 Å². The topological polar surface area (TPSA) is 54.5 Å². The van der Waals surface area contributed by atoms with Gasteiger partial charge in [0.25, 0.3) is 0 Å². The fraction of sp³-hybridized carbons (Fsp3) is 0.556. The molecule has 2 aliphatic heterocycles. The molecule has 2 aromatic rings. The number of fused-ring (bicyclic) bond motifs is 3. The highest BCUT2D eigenvalue weighted by atomic mass is 19.4. The van der Waals surface area contributed by atoms with Gasteiger partial charge in [-0.25, -0.2) is 0 Å². The first-order chi connectivity index (χ1) is 16.8. The molecule has 186 valence electrons. The summed E-state index contributed by atoms with van der Waals surface area (Å²) in [6, 6.07) is 9.76. The average molecular weight is 486 g/mol. The summed E-state index contributed by atoms with van der Waals surface area (Å²) in [6.07, 6.45) is 2.57. The molecule has 0 unspecified atom stereocenters. The van der Waals surface area contributed by atoms with Crippen LogP contribution in [0.25, 0.3) is 0 Å². The number of hydrogen-bond acceptors (Lipinski definition) is 4. The summed E-state index contributed by atoms with van der Waals surface area (Å²) in [5.74, 6) is 1.38. The number of carbonyl (C=O) groups is 1. The molecule has 1 amide bonds. The highest BCUT2D eigenvalue weighted by Crippen LogP contribution is 2.56. The van der Waals surface area contributed by atoms with Crippen molar-refractivity contribution < 1.29 is 22.7 Å². The molecule has 2 fully saturated rings. The van der Waals surface area contributed by atoms with Crippen molar-refractivity contribution in [2.75, 3.05) is 13.2 Å². The fourth-order valence-corrected chi connectivity index (χ4v) is 6.99. The molecule has 1 aromatic carbocycles. The summed E-state index contributed by atoms with van der Waals surface area (Å²) in [5.41, 5.74) is 1.22. The second-order valence-electron chi connectivity index (χ2n) is 10.6. The Morgan fingerprint density at radius 2 is 2.09 bits per heavy atom. The molecule has 2 saturated carbocycles. The lowest BCUT2D eigenvalue weighted by Crippen LogP contribution is -2.47. The minimum atomic E-state index is -4.43. The van der Waals surface area contributed by atoms with Gasteiger partial charge >= 0.3 is 6.18 Å². The molecule has 6 rings (SSSR count). The number of alkyl halides is 3. The number of aromatic nitrogens is 1. The maximum atomic E-state index is 14.0. The number of amides is 1. The molecule has 5 nitrogen and oxygen atoms in total. The zero-order chi connectivity index (χ0) is 24.2. The molecule has 1 N–H and O–H groups in total. The lowest BCUT2D eigenvalue weighted by molar-refractivity contribution is -0.144. The van der Waals surface area contributed by atoms with Gasteiger partial charge in [-0.1, -0.05) is 24.6 Å². The van der Waals surface area contributed by atoms with Crippen LogP contribution >= 0.6 is 0 Å². The van der Waals surface area contributed by atoms with Crippen LogP contribution < -0.4 is 10.1 Å². The Bertz CT molecular complexity index is 1140. The number of carbonyl (C=O) groups excluding carboxylic acids is 1. The number of benzene rings is 1. The van der Waals surface area contributed by atoms with Crippen molar-refractivity contribution in [2.24, 2.45) is 11.3 Å². The van der Waals surface area contributed by atoms with E-state index < -0.39 is 17.2 Å². The van der Waals surface area contributed by atoms with E-state index in [1.54, 1.807) is 4.90 Å². The molecular formula is C27H30F3N3O2. The Morgan fingerprint density at radius 1 is 1.23 bits per heavy atom. The van der Waals surface area contributed by atoms with E-state index in [0.717, 1.165) is 50.5 Å². The Morgan fingerprint density at radius 3 is 2.94 bits per heavy atom. The normalized spacial score (nSPS) is 29.8. The van der Waals surface area contributed by atoms with Gasteiger partial charge in [0, 0.05) is 55.5 Å². The number of nitrogens with one attached hydrogen (secondary N) is 1. The Kier molecular flexibility index (Phi) is 5.55. The molecule has 4 atom stereocenters. The van der Waals surface area contributed by atoms with Gasteiger partial charge in [0.05, 0.1) is 17.6 Å². The third-order valence-corrected chi connectivity index (χ3v) is 8.61. The number of halogens is 3. The van der Waals surface area contributed by atoms with Crippen LogP contribution in [0.15, 0.2) is 36.5 Å². The van der Waals surface area contributed by atoms with Crippen LogP contribution in [-0.2, 0) is 23.9 Å². The van der Waals surface area contributed by atoms with Crippen molar-refractivity contribution >= 4 is 5.91 Å².